The molecule has 0 aliphatic heterocycles. The van der Waals surface area contributed by atoms with E-state index >= 15 is 0 Å². The van der Waals surface area contributed by atoms with Gasteiger partial charge in [-0.1, -0.05) is 55.8 Å². The van der Waals surface area contributed by atoms with Gasteiger partial charge in [-0.15, -0.1) is 0 Å². The number of amides is 1. The summed E-state index contributed by atoms with van der Waals surface area (Å²) in [6, 6.07) is 19.9. The van der Waals surface area contributed by atoms with Crippen molar-refractivity contribution in [2.75, 3.05) is 20.8 Å². The van der Waals surface area contributed by atoms with E-state index in [1.165, 1.54) is 0 Å². The van der Waals surface area contributed by atoms with Gasteiger partial charge in [0.2, 0.25) is 5.91 Å². The van der Waals surface area contributed by atoms with E-state index in [2.05, 4.69) is 22.9 Å². The number of aromatic nitrogens is 2. The maximum Gasteiger partial charge on any atom is 0.266 e. The molecule has 1 unspecified atom stereocenters. The van der Waals surface area contributed by atoms with E-state index < -0.39 is 6.04 Å². The van der Waals surface area contributed by atoms with E-state index in [1.54, 1.807) is 54.0 Å². The summed E-state index contributed by atoms with van der Waals surface area (Å²) >= 11 is 3.62. The number of benzene rings is 3. The third-order valence-corrected chi connectivity index (χ3v) is 7.38. The molecular weight excluding hydrogens is 558 g/mol. The fraction of sp³-hybridized carbons (Fsp3) is 0.258. The summed E-state index contributed by atoms with van der Waals surface area (Å²) in [7, 11) is 3.11. The summed E-state index contributed by atoms with van der Waals surface area (Å²) < 4.78 is 13.2. The average molecular weight is 591 g/mol. The Kier molecular flexibility index (Phi) is 9.19. The lowest BCUT2D eigenvalue weighted by atomic mass is 10.1. The van der Waals surface area contributed by atoms with Crippen molar-refractivity contribution in [3.05, 3.63) is 99.0 Å². The molecule has 0 saturated heterocycles. The van der Waals surface area contributed by atoms with Gasteiger partial charge >= 0.3 is 0 Å². The van der Waals surface area contributed by atoms with E-state index in [1.807, 2.05) is 55.5 Å². The first-order chi connectivity index (χ1) is 18.9. The van der Waals surface area contributed by atoms with Crippen molar-refractivity contribution in [2.45, 2.75) is 32.7 Å². The van der Waals surface area contributed by atoms with Crippen LogP contribution in [0.4, 0.5) is 0 Å². The van der Waals surface area contributed by atoms with Crippen LogP contribution in [0.5, 0.6) is 11.5 Å². The first kappa shape index (κ1) is 28.1. The van der Waals surface area contributed by atoms with Crippen molar-refractivity contribution in [2.24, 2.45) is 0 Å². The monoisotopic (exact) mass is 589 g/mol. The Hall–Kier alpha value is -3.91. The van der Waals surface area contributed by atoms with E-state index in [0.29, 0.717) is 44.9 Å². The molecule has 7 nitrogen and oxygen atoms in total. The molecule has 0 fully saturated rings. The van der Waals surface area contributed by atoms with Crippen LogP contribution in [0.2, 0.25) is 0 Å². The van der Waals surface area contributed by atoms with Gasteiger partial charge in [-0.05, 0) is 53.0 Å². The molecule has 8 heteroatoms. The number of halogens is 1. The number of nitrogens with zero attached hydrogens (tertiary/aromatic N) is 3. The van der Waals surface area contributed by atoms with Crippen molar-refractivity contribution < 1.29 is 14.3 Å². The van der Waals surface area contributed by atoms with E-state index in [4.69, 9.17) is 14.5 Å². The van der Waals surface area contributed by atoms with Crippen LogP contribution in [0.3, 0.4) is 0 Å². The number of rotatable bonds is 10. The molecule has 39 heavy (non-hydrogen) atoms. The first-order valence-electron chi connectivity index (χ1n) is 12.9. The van der Waals surface area contributed by atoms with Crippen LogP contribution < -0.4 is 15.0 Å². The van der Waals surface area contributed by atoms with Crippen molar-refractivity contribution in [3.63, 3.8) is 0 Å². The summed E-state index contributed by atoms with van der Waals surface area (Å²) in [6.07, 6.45) is 5.10. The lowest BCUT2D eigenvalue weighted by Gasteiger charge is -2.30. The molecule has 0 aliphatic carbocycles. The quantitative estimate of drug-likeness (QED) is 0.196. The van der Waals surface area contributed by atoms with Gasteiger partial charge in [0.25, 0.3) is 5.56 Å². The topological polar surface area (TPSA) is 73.7 Å². The molecule has 3 aromatic carbocycles. The number of para-hydroxylation sites is 1. The highest BCUT2D eigenvalue weighted by Gasteiger charge is 2.27. The SMILES string of the molecule is CCCCN(C(=O)C=Cc1ccccc1)C(C)c1nc2ccccc2c(=O)n1-c1cc(OC)cc(OC)c1Br. The highest BCUT2D eigenvalue weighted by Crippen LogP contribution is 2.37. The molecular formula is C31H32BrN3O4. The molecule has 1 heterocycles. The van der Waals surface area contributed by atoms with Gasteiger partial charge in [-0.2, -0.15) is 0 Å². The standard InChI is InChI=1S/C31H32BrN3O4/c1-5-6-18-34(28(36)17-16-22-12-8-7-9-13-22)21(2)30-33-25-15-11-10-14-24(25)31(37)35(30)26-19-23(38-3)20-27(39-4)29(26)32/h7-17,19-21H,5-6,18H2,1-4H3. The Balaban J connectivity index is 1.91. The second-order valence-corrected chi connectivity index (χ2v) is 9.89. The van der Waals surface area contributed by atoms with Gasteiger partial charge in [-0.3, -0.25) is 14.2 Å². The molecule has 0 spiro atoms. The zero-order valence-electron chi connectivity index (χ0n) is 22.6. The van der Waals surface area contributed by atoms with Crippen molar-refractivity contribution in [1.29, 1.82) is 0 Å². The summed E-state index contributed by atoms with van der Waals surface area (Å²) in [6.45, 7) is 4.50. The lowest BCUT2D eigenvalue weighted by Crippen LogP contribution is -2.37. The Morgan fingerprint density at radius 2 is 1.79 bits per heavy atom. The van der Waals surface area contributed by atoms with E-state index in [-0.39, 0.29) is 11.5 Å². The molecule has 0 bridgehead atoms. The number of hydrogen-bond donors (Lipinski definition) is 0. The molecule has 1 aromatic heterocycles. The number of carbonyl (C=O) groups excluding carboxylic acids is 1. The van der Waals surface area contributed by atoms with Gasteiger partial charge in [0.05, 0.1) is 41.3 Å². The molecule has 4 rings (SSSR count). The number of hydrogen-bond acceptors (Lipinski definition) is 5. The summed E-state index contributed by atoms with van der Waals surface area (Å²) in [5, 5.41) is 0.470. The van der Waals surface area contributed by atoms with Crippen LogP contribution in [-0.2, 0) is 4.79 Å². The fourth-order valence-electron chi connectivity index (χ4n) is 4.44. The second-order valence-electron chi connectivity index (χ2n) is 9.10. The van der Waals surface area contributed by atoms with Crippen LogP contribution >= 0.6 is 15.9 Å². The molecule has 4 aromatic rings. The minimum atomic E-state index is -0.522. The summed E-state index contributed by atoms with van der Waals surface area (Å²) in [5.41, 5.74) is 1.76. The van der Waals surface area contributed by atoms with Crippen molar-refractivity contribution in [1.82, 2.24) is 14.5 Å². The zero-order chi connectivity index (χ0) is 27.9. The number of methoxy groups -OCH3 is 2. The van der Waals surface area contributed by atoms with Gasteiger partial charge in [0.15, 0.2) is 0 Å². The normalized spacial score (nSPS) is 12.0. The Labute approximate surface area is 236 Å². The second kappa shape index (κ2) is 12.8. The van der Waals surface area contributed by atoms with Crippen LogP contribution in [-0.4, -0.2) is 41.1 Å². The minimum Gasteiger partial charge on any atom is -0.497 e. The maximum absolute atomic E-state index is 14.0. The van der Waals surface area contributed by atoms with Gasteiger partial charge in [0, 0.05) is 24.8 Å². The number of unbranched alkanes of at least 4 members (excludes halogenated alkanes) is 1. The fourth-order valence-corrected chi connectivity index (χ4v) is 5.01. The Bertz CT molecular complexity index is 1550. The highest BCUT2D eigenvalue weighted by molar-refractivity contribution is 9.10. The predicted octanol–water partition coefficient (Wildman–Crippen LogP) is 6.57. The smallest absolute Gasteiger partial charge is 0.266 e. The minimum absolute atomic E-state index is 0.156. The van der Waals surface area contributed by atoms with E-state index in [0.717, 1.165) is 18.4 Å². The zero-order valence-corrected chi connectivity index (χ0v) is 24.1. The van der Waals surface area contributed by atoms with Crippen LogP contribution in [0.25, 0.3) is 22.7 Å². The van der Waals surface area contributed by atoms with E-state index in [9.17, 15) is 9.59 Å². The average Bonchev–Trinajstić information content (AvgIpc) is 2.97. The number of ether oxygens (including phenoxy) is 2. The maximum atomic E-state index is 14.0. The van der Waals surface area contributed by atoms with Gasteiger partial charge in [0.1, 0.15) is 17.3 Å². The molecule has 1 atom stereocenters. The first-order valence-corrected chi connectivity index (χ1v) is 13.7. The Morgan fingerprint density at radius 1 is 1.08 bits per heavy atom. The molecule has 0 aliphatic rings. The predicted molar refractivity (Wildman–Crippen MR) is 159 cm³/mol. The van der Waals surface area contributed by atoms with Gasteiger partial charge < -0.3 is 14.4 Å². The number of carbonyl (C=O) groups is 1. The van der Waals surface area contributed by atoms with Crippen molar-refractivity contribution in [3.8, 4) is 17.2 Å². The lowest BCUT2D eigenvalue weighted by molar-refractivity contribution is -0.128. The molecule has 0 radical (unpaired) electrons. The molecule has 0 saturated carbocycles. The number of fused-ring (bicyclic) bond motifs is 1. The van der Waals surface area contributed by atoms with Crippen LogP contribution in [0.1, 0.15) is 44.1 Å². The third-order valence-electron chi connectivity index (χ3n) is 6.59. The van der Waals surface area contributed by atoms with Crippen LogP contribution in [0, 0.1) is 0 Å². The Morgan fingerprint density at radius 3 is 2.49 bits per heavy atom. The highest BCUT2D eigenvalue weighted by atomic mass is 79.9. The van der Waals surface area contributed by atoms with Crippen molar-refractivity contribution >= 4 is 38.8 Å². The third kappa shape index (κ3) is 6.06. The molecule has 1 amide bonds. The van der Waals surface area contributed by atoms with Crippen LogP contribution in [0.15, 0.2) is 82.1 Å². The largest absolute Gasteiger partial charge is 0.497 e. The molecule has 202 valence electrons. The summed E-state index contributed by atoms with van der Waals surface area (Å²) in [4.78, 5) is 34.3. The molecule has 0 N–H and O–H groups in total. The van der Waals surface area contributed by atoms with Gasteiger partial charge in [-0.25, -0.2) is 4.98 Å². The summed E-state index contributed by atoms with van der Waals surface area (Å²) in [5.74, 6) is 1.31.